The van der Waals surface area contributed by atoms with E-state index >= 15 is 0 Å². The molecule has 1 aromatic carbocycles. The van der Waals surface area contributed by atoms with Gasteiger partial charge in [0.15, 0.2) is 28.5 Å². The minimum Gasteiger partial charge on any atom is -0.488 e. The number of benzene rings is 1. The van der Waals surface area contributed by atoms with Gasteiger partial charge in [0.05, 0.1) is 50.3 Å². The zero-order valence-electron chi connectivity index (χ0n) is 23.9. The maximum atomic E-state index is 14.6. The Hall–Kier alpha value is -3.55. The minimum absolute atomic E-state index is 0.126. The van der Waals surface area contributed by atoms with Crippen LogP contribution in [0.1, 0.15) is 51.4 Å². The first-order valence-electron chi connectivity index (χ1n) is 14.2. The lowest BCUT2D eigenvalue weighted by Crippen LogP contribution is -2.35. The van der Waals surface area contributed by atoms with Gasteiger partial charge in [-0.25, -0.2) is 14.4 Å². The van der Waals surface area contributed by atoms with E-state index in [1.807, 2.05) is 4.57 Å². The van der Waals surface area contributed by atoms with Crippen LogP contribution in [0.5, 0.6) is 11.8 Å². The Labute approximate surface area is 238 Å². The van der Waals surface area contributed by atoms with Gasteiger partial charge in [0.25, 0.3) is 0 Å². The molecule has 222 valence electrons. The largest absolute Gasteiger partial charge is 0.488 e. The maximum absolute atomic E-state index is 14.6. The summed E-state index contributed by atoms with van der Waals surface area (Å²) < 4.78 is 38.5. The van der Waals surface area contributed by atoms with E-state index in [4.69, 9.17) is 18.9 Å². The Balaban J connectivity index is 1.26. The molecule has 0 saturated carbocycles. The Kier molecular flexibility index (Phi) is 9.80. The number of hydrogen-bond donors (Lipinski definition) is 3. The van der Waals surface area contributed by atoms with E-state index in [-0.39, 0.29) is 18.4 Å². The quantitative estimate of drug-likeness (QED) is 0.180. The van der Waals surface area contributed by atoms with Gasteiger partial charge in [-0.2, -0.15) is 9.97 Å². The van der Waals surface area contributed by atoms with E-state index < -0.39 is 5.82 Å². The van der Waals surface area contributed by atoms with Crippen LogP contribution in [-0.2, 0) is 16.0 Å². The van der Waals surface area contributed by atoms with Gasteiger partial charge < -0.3 is 39.1 Å². The molecule has 1 aliphatic heterocycles. The molecule has 1 aliphatic rings. The molecule has 4 aromatic rings. The fourth-order valence-electron chi connectivity index (χ4n) is 4.81. The summed E-state index contributed by atoms with van der Waals surface area (Å²) in [6, 6.07) is 3.90. The molecule has 5 rings (SSSR count). The predicted molar refractivity (Wildman–Crippen MR) is 153 cm³/mol. The first kappa shape index (κ1) is 29.0. The van der Waals surface area contributed by atoms with Crippen LogP contribution in [0.4, 0.5) is 10.2 Å². The van der Waals surface area contributed by atoms with Gasteiger partial charge in [-0.15, -0.1) is 0 Å². The number of hydrogen-bond acceptors (Lipinski definition) is 10. The number of nitrogens with zero attached hydrogens (tertiary/aromatic N) is 5. The summed E-state index contributed by atoms with van der Waals surface area (Å²) in [5, 5.41) is 6.86. The molecular formula is C28H39FN8O4. The first-order valence-corrected chi connectivity index (χ1v) is 14.2. The smallest absolute Gasteiger partial charge is 0.320 e. The number of halogens is 1. The van der Waals surface area contributed by atoms with Crippen molar-refractivity contribution >= 4 is 28.0 Å². The third-order valence-electron chi connectivity index (χ3n) is 6.99. The minimum atomic E-state index is -0.473. The van der Waals surface area contributed by atoms with Crippen molar-refractivity contribution in [2.45, 2.75) is 58.2 Å². The fourth-order valence-corrected chi connectivity index (χ4v) is 4.81. The number of piperidine rings is 1. The highest BCUT2D eigenvalue weighted by atomic mass is 19.1. The highest BCUT2D eigenvalue weighted by molar-refractivity contribution is 5.83. The number of nitrogens with one attached hydrogen (secondary N) is 3. The third-order valence-corrected chi connectivity index (χ3v) is 6.99. The molecule has 0 aliphatic carbocycles. The van der Waals surface area contributed by atoms with Crippen LogP contribution in [0.3, 0.4) is 0 Å². The number of methoxy groups -OCH3 is 1. The lowest BCUT2D eigenvalue weighted by molar-refractivity contribution is 0.0538. The monoisotopic (exact) mass is 570 g/mol. The summed E-state index contributed by atoms with van der Waals surface area (Å²) in [6.07, 6.45) is 6.30. The fraction of sp³-hybridized carbons (Fsp3) is 0.571. The molecular weight excluding hydrogens is 531 g/mol. The number of imidazole rings is 2. The second kappa shape index (κ2) is 13.9. The van der Waals surface area contributed by atoms with Crippen LogP contribution in [0, 0.1) is 5.82 Å². The zero-order valence-corrected chi connectivity index (χ0v) is 23.9. The van der Waals surface area contributed by atoms with Crippen molar-refractivity contribution < 1.29 is 23.3 Å². The van der Waals surface area contributed by atoms with Gasteiger partial charge in [-0.3, -0.25) is 0 Å². The molecule has 0 amide bonds. The van der Waals surface area contributed by atoms with Crippen LogP contribution in [0.25, 0.3) is 22.2 Å². The summed E-state index contributed by atoms with van der Waals surface area (Å²) in [5.41, 5.74) is 2.50. The van der Waals surface area contributed by atoms with Crippen molar-refractivity contribution in [1.29, 1.82) is 0 Å². The lowest BCUT2D eigenvalue weighted by Gasteiger charge is -2.23. The van der Waals surface area contributed by atoms with E-state index in [0.717, 1.165) is 19.4 Å². The Bertz CT molecular complexity index is 1420. The number of rotatable bonds is 15. The summed E-state index contributed by atoms with van der Waals surface area (Å²) >= 11 is 0. The molecule has 0 bridgehead atoms. The van der Waals surface area contributed by atoms with Crippen molar-refractivity contribution in [3.63, 3.8) is 0 Å². The molecule has 41 heavy (non-hydrogen) atoms. The number of ether oxygens (including phenoxy) is 4. The van der Waals surface area contributed by atoms with E-state index in [2.05, 4.69) is 49.4 Å². The molecule has 4 heterocycles. The molecule has 3 aromatic heterocycles. The van der Waals surface area contributed by atoms with Crippen molar-refractivity contribution in [2.75, 3.05) is 52.0 Å². The normalized spacial score (nSPS) is 15.7. The average Bonchev–Trinajstić information content (AvgIpc) is 3.58. The lowest BCUT2D eigenvalue weighted by atomic mass is 10.0. The Morgan fingerprint density at radius 2 is 1.95 bits per heavy atom. The summed E-state index contributed by atoms with van der Waals surface area (Å²) in [7, 11) is 1.61. The standard InChI is InChI=1S/C28H39FN8O4/c1-18(2)37-17-32-25-26(35-28(36-27(25)37)41-9-7-19-6-4-5-8-30-19)31-16-24-33-21-14-20(29)23(15-22(21)34-24)40-13-12-39-11-10-38-3/h14-15,17-19,30H,4-13,16H2,1-3H3,(H,33,34)(H,31,35,36)/t19-/m0/s1. The average molecular weight is 571 g/mol. The molecule has 12 nitrogen and oxygen atoms in total. The van der Waals surface area contributed by atoms with Crippen LogP contribution < -0.4 is 20.1 Å². The van der Waals surface area contributed by atoms with Gasteiger partial charge in [-0.05, 0) is 39.7 Å². The molecule has 0 spiro atoms. The molecule has 1 saturated heterocycles. The van der Waals surface area contributed by atoms with Crippen molar-refractivity contribution in [2.24, 2.45) is 0 Å². The second-order valence-corrected chi connectivity index (χ2v) is 10.3. The van der Waals surface area contributed by atoms with Gasteiger partial charge in [-0.1, -0.05) is 6.42 Å². The molecule has 0 radical (unpaired) electrons. The molecule has 1 fully saturated rings. The number of anilines is 1. The molecule has 13 heteroatoms. The number of aromatic amines is 1. The topological polar surface area (TPSA) is 133 Å². The first-order chi connectivity index (χ1) is 20.0. The van der Waals surface area contributed by atoms with Gasteiger partial charge in [0, 0.05) is 31.3 Å². The van der Waals surface area contributed by atoms with E-state index in [1.165, 1.54) is 18.9 Å². The maximum Gasteiger partial charge on any atom is 0.320 e. The van der Waals surface area contributed by atoms with Gasteiger partial charge >= 0.3 is 6.01 Å². The van der Waals surface area contributed by atoms with Crippen LogP contribution in [-0.4, -0.2) is 82.2 Å². The van der Waals surface area contributed by atoms with E-state index in [0.29, 0.717) is 78.9 Å². The summed E-state index contributed by atoms with van der Waals surface area (Å²) in [5.74, 6) is 0.810. The molecule has 1 atom stereocenters. The number of aromatic nitrogens is 6. The Morgan fingerprint density at radius 1 is 1.07 bits per heavy atom. The summed E-state index contributed by atoms with van der Waals surface area (Å²) in [6.45, 7) is 7.55. The number of H-pyrrole nitrogens is 1. The zero-order chi connectivity index (χ0) is 28.6. The van der Waals surface area contributed by atoms with Crippen molar-refractivity contribution in [1.82, 2.24) is 34.8 Å². The van der Waals surface area contributed by atoms with Crippen LogP contribution >= 0.6 is 0 Å². The van der Waals surface area contributed by atoms with Crippen molar-refractivity contribution in [3.8, 4) is 11.8 Å². The molecule has 0 unspecified atom stereocenters. The van der Waals surface area contributed by atoms with Crippen LogP contribution in [0.2, 0.25) is 0 Å². The highest BCUT2D eigenvalue weighted by Crippen LogP contribution is 2.26. The predicted octanol–water partition coefficient (Wildman–Crippen LogP) is 3.99. The number of fused-ring (bicyclic) bond motifs is 2. The van der Waals surface area contributed by atoms with Gasteiger partial charge in [0.2, 0.25) is 0 Å². The Morgan fingerprint density at radius 3 is 2.76 bits per heavy atom. The van der Waals surface area contributed by atoms with Crippen molar-refractivity contribution in [3.05, 3.63) is 30.1 Å². The van der Waals surface area contributed by atoms with Gasteiger partial charge in [0.1, 0.15) is 12.4 Å². The third kappa shape index (κ3) is 7.40. The van der Waals surface area contributed by atoms with E-state index in [1.54, 1.807) is 19.5 Å². The highest BCUT2D eigenvalue weighted by Gasteiger charge is 2.18. The second-order valence-electron chi connectivity index (χ2n) is 10.3. The summed E-state index contributed by atoms with van der Waals surface area (Å²) in [4.78, 5) is 21.6. The SMILES string of the molecule is COCCOCCOc1cc2nc(CNc3nc(OCC[C@@H]4CCCCN4)nc4c3ncn4C(C)C)[nH]c2cc1F. The van der Waals surface area contributed by atoms with E-state index in [9.17, 15) is 4.39 Å². The van der Waals surface area contributed by atoms with Crippen LogP contribution in [0.15, 0.2) is 18.5 Å². The molecule has 3 N–H and O–H groups in total.